The third-order valence-electron chi connectivity index (χ3n) is 4.54. The van der Waals surface area contributed by atoms with Crippen LogP contribution in [0.4, 0.5) is 5.13 Å². The molecule has 0 radical (unpaired) electrons. The number of anilines is 1. The first-order valence-electron chi connectivity index (χ1n) is 9.50. The lowest BCUT2D eigenvalue weighted by molar-refractivity contribution is -0.116. The Labute approximate surface area is 189 Å². The van der Waals surface area contributed by atoms with Crippen molar-refractivity contribution in [2.75, 3.05) is 5.32 Å². The molecule has 0 spiro atoms. The van der Waals surface area contributed by atoms with Gasteiger partial charge in [-0.1, -0.05) is 47.4 Å². The van der Waals surface area contributed by atoms with E-state index in [1.807, 2.05) is 12.1 Å². The maximum absolute atomic E-state index is 12.5. The molecule has 2 aromatic carbocycles. The van der Waals surface area contributed by atoms with Gasteiger partial charge in [-0.25, -0.2) is 4.68 Å². The van der Waals surface area contributed by atoms with E-state index in [-0.39, 0.29) is 30.0 Å². The monoisotopic (exact) mass is 464 g/mol. The van der Waals surface area contributed by atoms with Crippen LogP contribution in [0.15, 0.2) is 62.5 Å². The highest BCUT2D eigenvalue weighted by molar-refractivity contribution is 8.00. The summed E-state index contributed by atoms with van der Waals surface area (Å²) in [5.74, 6) is 0.317. The molecule has 9 nitrogen and oxygen atoms in total. The summed E-state index contributed by atoms with van der Waals surface area (Å²) in [7, 11) is 0. The molecule has 2 heterocycles. The van der Waals surface area contributed by atoms with Gasteiger partial charge >= 0.3 is 0 Å². The predicted molar refractivity (Wildman–Crippen MR) is 123 cm³/mol. The Balaban J connectivity index is 1.33. The van der Waals surface area contributed by atoms with E-state index in [9.17, 15) is 14.4 Å². The topological polar surface area (TPSA) is 134 Å². The number of H-pyrrole nitrogens is 1. The molecule has 2 aromatic heterocycles. The van der Waals surface area contributed by atoms with E-state index in [2.05, 4.69) is 26.7 Å². The molecule has 0 aliphatic heterocycles. The smallest absolute Gasteiger partial charge is 0.273 e. The fourth-order valence-corrected chi connectivity index (χ4v) is 4.66. The van der Waals surface area contributed by atoms with Crippen molar-refractivity contribution in [3.05, 3.63) is 80.4 Å². The van der Waals surface area contributed by atoms with Crippen LogP contribution in [0.3, 0.4) is 0 Å². The zero-order chi connectivity index (χ0) is 22.5. The minimum atomic E-state index is -0.381. The van der Waals surface area contributed by atoms with Crippen molar-refractivity contribution in [2.45, 2.75) is 23.1 Å². The van der Waals surface area contributed by atoms with Gasteiger partial charge in [0.15, 0.2) is 4.34 Å². The van der Waals surface area contributed by atoms with Crippen molar-refractivity contribution in [3.63, 3.8) is 0 Å². The van der Waals surface area contributed by atoms with Crippen molar-refractivity contribution in [3.8, 4) is 6.07 Å². The Bertz CT molecular complexity index is 1430. The second-order valence-corrected chi connectivity index (χ2v) is 8.91. The maximum Gasteiger partial charge on any atom is 0.273 e. The molecule has 0 bridgehead atoms. The van der Waals surface area contributed by atoms with Crippen molar-refractivity contribution in [2.24, 2.45) is 0 Å². The van der Waals surface area contributed by atoms with Crippen LogP contribution in [0.5, 0.6) is 0 Å². The lowest BCUT2D eigenvalue weighted by Gasteiger charge is -2.06. The fourth-order valence-electron chi connectivity index (χ4n) is 2.94. The Kier molecular flexibility index (Phi) is 6.44. The predicted octanol–water partition coefficient (Wildman–Crippen LogP) is 2.73. The molecular formula is C21H16N6O3S2. The first kappa shape index (κ1) is 21.5. The molecule has 0 saturated carbocycles. The number of carbonyl (C=O) groups is 1. The minimum Gasteiger partial charge on any atom is -0.300 e. The number of aromatic nitrogens is 4. The molecule has 0 fully saturated rings. The summed E-state index contributed by atoms with van der Waals surface area (Å²) >= 11 is 2.72. The Morgan fingerprint density at radius 3 is 2.62 bits per heavy atom. The zero-order valence-electron chi connectivity index (χ0n) is 16.6. The van der Waals surface area contributed by atoms with Crippen LogP contribution in [0.1, 0.15) is 17.5 Å². The third-order valence-corrected chi connectivity index (χ3v) is 6.59. The molecule has 0 aliphatic rings. The standard InChI is InChI=1S/C21H16N6O3S2/c22-11-13-5-7-14(8-6-13)12-31-21-25-24-20(32-21)23-17(28)9-10-27-19(30)16-4-2-1-3-15(16)18(29)26-27/h1-8H,9-10,12H2,(H,26,29)(H,23,24,28). The van der Waals surface area contributed by atoms with Gasteiger partial charge in [0.1, 0.15) is 0 Å². The summed E-state index contributed by atoms with van der Waals surface area (Å²) in [6, 6.07) is 15.9. The Hall–Kier alpha value is -3.75. The SMILES string of the molecule is N#Cc1ccc(CSc2nnc(NC(=O)CCn3[nH]c(=O)c4ccccc4c3=O)s2)cc1. The van der Waals surface area contributed by atoms with Gasteiger partial charge in [0, 0.05) is 12.2 Å². The molecule has 11 heteroatoms. The van der Waals surface area contributed by atoms with Gasteiger partial charge in [-0.05, 0) is 29.8 Å². The lowest BCUT2D eigenvalue weighted by Crippen LogP contribution is -2.31. The molecule has 1 amide bonds. The molecule has 0 saturated heterocycles. The lowest BCUT2D eigenvalue weighted by atomic mass is 10.2. The number of nitriles is 1. The average Bonchev–Trinajstić information content (AvgIpc) is 3.26. The largest absolute Gasteiger partial charge is 0.300 e. The number of nitrogens with one attached hydrogen (secondary N) is 2. The molecule has 0 unspecified atom stereocenters. The number of nitrogens with zero attached hydrogens (tertiary/aromatic N) is 4. The number of thioether (sulfide) groups is 1. The molecule has 160 valence electrons. The highest BCUT2D eigenvalue weighted by atomic mass is 32.2. The number of carbonyl (C=O) groups excluding carboxylic acids is 1. The first-order chi connectivity index (χ1) is 15.5. The van der Waals surface area contributed by atoms with Crippen molar-refractivity contribution in [1.29, 1.82) is 5.26 Å². The summed E-state index contributed by atoms with van der Waals surface area (Å²) in [5, 5.41) is 23.0. The normalized spacial score (nSPS) is 10.7. The Morgan fingerprint density at radius 2 is 1.88 bits per heavy atom. The van der Waals surface area contributed by atoms with E-state index in [1.165, 1.54) is 23.1 Å². The van der Waals surface area contributed by atoms with Gasteiger partial charge in [-0.15, -0.1) is 10.2 Å². The van der Waals surface area contributed by atoms with E-state index in [0.29, 0.717) is 31.6 Å². The van der Waals surface area contributed by atoms with Gasteiger partial charge in [0.05, 0.1) is 28.9 Å². The van der Waals surface area contributed by atoms with E-state index < -0.39 is 0 Å². The average molecular weight is 465 g/mol. The van der Waals surface area contributed by atoms with Crippen LogP contribution < -0.4 is 16.4 Å². The van der Waals surface area contributed by atoms with Gasteiger partial charge in [0.25, 0.3) is 11.1 Å². The number of fused-ring (bicyclic) bond motifs is 1. The number of rotatable bonds is 7. The van der Waals surface area contributed by atoms with Gasteiger partial charge in [-0.3, -0.25) is 19.5 Å². The highest BCUT2D eigenvalue weighted by Gasteiger charge is 2.11. The summed E-state index contributed by atoms with van der Waals surface area (Å²) in [5.41, 5.74) is 0.915. The van der Waals surface area contributed by atoms with Crippen molar-refractivity contribution < 1.29 is 4.79 Å². The quantitative estimate of drug-likeness (QED) is 0.317. The third kappa shape index (κ3) is 4.93. The number of aryl methyl sites for hydroxylation is 1. The molecule has 0 atom stereocenters. The zero-order valence-corrected chi connectivity index (χ0v) is 18.2. The van der Waals surface area contributed by atoms with Gasteiger partial charge in [-0.2, -0.15) is 5.26 Å². The molecule has 4 rings (SSSR count). The van der Waals surface area contributed by atoms with Crippen molar-refractivity contribution in [1.82, 2.24) is 20.0 Å². The fraction of sp³-hybridized carbons (Fsp3) is 0.143. The van der Waals surface area contributed by atoms with Crippen molar-refractivity contribution >= 4 is 44.9 Å². The first-order valence-corrected chi connectivity index (χ1v) is 11.3. The van der Waals surface area contributed by atoms with Crippen LogP contribution in [0.2, 0.25) is 0 Å². The molecule has 2 N–H and O–H groups in total. The van der Waals surface area contributed by atoms with Gasteiger partial charge < -0.3 is 5.32 Å². The van der Waals surface area contributed by atoms with E-state index in [0.717, 1.165) is 10.2 Å². The van der Waals surface area contributed by atoms with Crippen LogP contribution in [-0.2, 0) is 17.1 Å². The molecule has 32 heavy (non-hydrogen) atoms. The van der Waals surface area contributed by atoms with E-state index in [4.69, 9.17) is 5.26 Å². The number of hydrogen-bond donors (Lipinski definition) is 2. The minimum absolute atomic E-state index is 0.0124. The summed E-state index contributed by atoms with van der Waals surface area (Å²) in [6.07, 6.45) is -0.0124. The summed E-state index contributed by atoms with van der Waals surface area (Å²) < 4.78 is 1.84. The van der Waals surface area contributed by atoms with Crippen LogP contribution >= 0.6 is 23.1 Å². The molecular weight excluding hydrogens is 448 g/mol. The second-order valence-electron chi connectivity index (χ2n) is 6.71. The maximum atomic E-state index is 12.5. The van der Waals surface area contributed by atoms with E-state index >= 15 is 0 Å². The molecule has 0 aliphatic carbocycles. The van der Waals surface area contributed by atoms with Gasteiger partial charge in [0.2, 0.25) is 11.0 Å². The van der Waals surface area contributed by atoms with Crippen LogP contribution in [0.25, 0.3) is 10.8 Å². The number of hydrogen-bond acceptors (Lipinski definition) is 8. The number of benzene rings is 2. The summed E-state index contributed by atoms with van der Waals surface area (Å²) in [4.78, 5) is 36.9. The Morgan fingerprint density at radius 1 is 1.12 bits per heavy atom. The van der Waals surface area contributed by atoms with E-state index in [1.54, 1.807) is 36.4 Å². The number of amides is 1. The second kappa shape index (κ2) is 9.59. The number of aromatic amines is 1. The van der Waals surface area contributed by atoms with Crippen LogP contribution in [-0.4, -0.2) is 25.9 Å². The summed E-state index contributed by atoms with van der Waals surface area (Å²) in [6.45, 7) is 0.0316. The highest BCUT2D eigenvalue weighted by Crippen LogP contribution is 2.28. The molecule has 4 aromatic rings. The van der Waals surface area contributed by atoms with Crippen LogP contribution in [0, 0.1) is 11.3 Å².